The first-order valence-electron chi connectivity index (χ1n) is 9.33. The molecule has 0 radical (unpaired) electrons. The lowest BCUT2D eigenvalue weighted by Gasteiger charge is -2.10. The van der Waals surface area contributed by atoms with Crippen LogP contribution in [0.5, 0.6) is 11.5 Å². The van der Waals surface area contributed by atoms with Gasteiger partial charge in [-0.15, -0.1) is 0 Å². The van der Waals surface area contributed by atoms with E-state index < -0.39 is 10.9 Å². The molecule has 0 aliphatic heterocycles. The molecule has 0 saturated heterocycles. The number of esters is 1. The fraction of sp³-hybridized carbons (Fsp3) is 0.0455. The first kappa shape index (κ1) is 20.9. The minimum absolute atomic E-state index is 0.109. The summed E-state index contributed by atoms with van der Waals surface area (Å²) in [7, 11) is 1.46. The van der Waals surface area contributed by atoms with Gasteiger partial charge in [-0.3, -0.25) is 15.5 Å². The van der Waals surface area contributed by atoms with Gasteiger partial charge in [0, 0.05) is 12.1 Å². The molecule has 32 heavy (non-hydrogen) atoms. The van der Waals surface area contributed by atoms with Crippen LogP contribution in [-0.2, 0) is 0 Å². The highest BCUT2D eigenvalue weighted by molar-refractivity contribution is 7.22. The number of hydrogen-bond acceptors (Lipinski definition) is 9. The Kier molecular flexibility index (Phi) is 6.04. The van der Waals surface area contributed by atoms with E-state index in [1.807, 2.05) is 24.3 Å². The molecule has 1 N–H and O–H groups in total. The summed E-state index contributed by atoms with van der Waals surface area (Å²) in [6.07, 6.45) is 1.59. The molecule has 0 bridgehead atoms. The Bertz CT molecular complexity index is 1280. The number of non-ortho nitro benzene ring substituents is 1. The number of carbonyl (C=O) groups excluding carboxylic acids is 1. The molecule has 0 aliphatic rings. The Morgan fingerprint density at radius 3 is 2.62 bits per heavy atom. The largest absolute Gasteiger partial charge is 0.493 e. The van der Waals surface area contributed by atoms with Crippen molar-refractivity contribution in [3.63, 3.8) is 0 Å². The Morgan fingerprint density at radius 1 is 1.12 bits per heavy atom. The van der Waals surface area contributed by atoms with E-state index in [1.165, 1.54) is 42.7 Å². The maximum Gasteiger partial charge on any atom is 0.343 e. The van der Waals surface area contributed by atoms with Crippen molar-refractivity contribution in [1.82, 2.24) is 4.98 Å². The summed E-state index contributed by atoms with van der Waals surface area (Å²) >= 11 is 1.49. The highest BCUT2D eigenvalue weighted by Gasteiger charge is 2.14. The van der Waals surface area contributed by atoms with Gasteiger partial charge < -0.3 is 9.47 Å². The van der Waals surface area contributed by atoms with Crippen LogP contribution in [0.15, 0.2) is 71.8 Å². The smallest absolute Gasteiger partial charge is 0.343 e. The number of nitro benzene ring substituents is 1. The van der Waals surface area contributed by atoms with E-state index >= 15 is 0 Å². The van der Waals surface area contributed by atoms with Crippen LogP contribution in [0.1, 0.15) is 15.9 Å². The summed E-state index contributed by atoms with van der Waals surface area (Å²) < 4.78 is 11.8. The third kappa shape index (κ3) is 4.71. The number of carbonyl (C=O) groups is 1. The van der Waals surface area contributed by atoms with Crippen LogP contribution in [0.4, 0.5) is 10.8 Å². The number of fused-ring (bicyclic) bond motifs is 1. The Balaban J connectivity index is 1.44. The van der Waals surface area contributed by atoms with Crippen LogP contribution in [0.3, 0.4) is 0 Å². The lowest BCUT2D eigenvalue weighted by molar-refractivity contribution is -0.384. The van der Waals surface area contributed by atoms with Crippen molar-refractivity contribution in [3.05, 3.63) is 88.0 Å². The Labute approximate surface area is 186 Å². The molecular weight excluding hydrogens is 432 g/mol. The van der Waals surface area contributed by atoms with Gasteiger partial charge in [0.1, 0.15) is 0 Å². The summed E-state index contributed by atoms with van der Waals surface area (Å²) in [6, 6.07) is 17.9. The lowest BCUT2D eigenvalue weighted by atomic mass is 10.2. The molecule has 3 aromatic carbocycles. The van der Waals surface area contributed by atoms with Gasteiger partial charge >= 0.3 is 5.97 Å². The quantitative estimate of drug-likeness (QED) is 0.141. The number of ether oxygens (including phenoxy) is 2. The van der Waals surface area contributed by atoms with Crippen molar-refractivity contribution in [2.24, 2.45) is 5.10 Å². The molecule has 0 amide bonds. The zero-order chi connectivity index (χ0) is 22.5. The fourth-order valence-corrected chi connectivity index (χ4v) is 3.62. The predicted octanol–water partition coefficient (Wildman–Crippen LogP) is 4.88. The minimum atomic E-state index is -0.655. The SMILES string of the molecule is COc1cc(/C=N\Nc2nc3ccccc3s2)ccc1OC(=O)c1ccc([N+](=O)[O-])cc1. The number of benzene rings is 3. The van der Waals surface area contributed by atoms with Gasteiger partial charge in [0.05, 0.1) is 34.0 Å². The average molecular weight is 448 g/mol. The highest BCUT2D eigenvalue weighted by atomic mass is 32.1. The van der Waals surface area contributed by atoms with Crippen molar-refractivity contribution in [1.29, 1.82) is 0 Å². The van der Waals surface area contributed by atoms with E-state index in [-0.39, 0.29) is 17.0 Å². The molecule has 0 saturated carbocycles. The van der Waals surface area contributed by atoms with Crippen molar-refractivity contribution in [2.45, 2.75) is 0 Å². The number of methoxy groups -OCH3 is 1. The van der Waals surface area contributed by atoms with Gasteiger partial charge in [0.15, 0.2) is 11.5 Å². The monoisotopic (exact) mass is 448 g/mol. The lowest BCUT2D eigenvalue weighted by Crippen LogP contribution is -2.09. The van der Waals surface area contributed by atoms with E-state index in [9.17, 15) is 14.9 Å². The molecule has 10 heteroatoms. The number of nitro groups is 1. The number of para-hydroxylation sites is 1. The van der Waals surface area contributed by atoms with Crippen molar-refractivity contribution in [3.8, 4) is 11.5 Å². The van der Waals surface area contributed by atoms with Crippen LogP contribution >= 0.6 is 11.3 Å². The normalized spacial score (nSPS) is 10.9. The van der Waals surface area contributed by atoms with Gasteiger partial charge in [-0.05, 0) is 48.0 Å². The summed E-state index contributed by atoms with van der Waals surface area (Å²) in [6.45, 7) is 0. The number of hydrazone groups is 1. The minimum Gasteiger partial charge on any atom is -0.493 e. The molecule has 0 atom stereocenters. The second kappa shape index (κ2) is 9.23. The van der Waals surface area contributed by atoms with Crippen molar-refractivity contribution in [2.75, 3.05) is 12.5 Å². The Morgan fingerprint density at radius 2 is 1.91 bits per heavy atom. The van der Waals surface area contributed by atoms with Gasteiger partial charge in [-0.1, -0.05) is 23.5 Å². The van der Waals surface area contributed by atoms with E-state index in [4.69, 9.17) is 9.47 Å². The molecule has 0 unspecified atom stereocenters. The van der Waals surface area contributed by atoms with Gasteiger partial charge in [-0.25, -0.2) is 9.78 Å². The van der Waals surface area contributed by atoms with Crippen molar-refractivity contribution >= 4 is 44.6 Å². The van der Waals surface area contributed by atoms with Gasteiger partial charge in [0.2, 0.25) is 5.13 Å². The van der Waals surface area contributed by atoms with Crippen LogP contribution < -0.4 is 14.9 Å². The number of nitrogens with one attached hydrogen (secondary N) is 1. The number of rotatable bonds is 7. The second-order valence-corrected chi connectivity index (χ2v) is 7.49. The van der Waals surface area contributed by atoms with Crippen LogP contribution in [0.25, 0.3) is 10.2 Å². The maximum absolute atomic E-state index is 12.4. The molecule has 4 rings (SSSR count). The number of anilines is 1. The molecule has 1 aromatic heterocycles. The third-order valence-corrected chi connectivity index (χ3v) is 5.31. The van der Waals surface area contributed by atoms with Crippen LogP contribution in [-0.4, -0.2) is 29.2 Å². The fourth-order valence-electron chi connectivity index (χ4n) is 2.81. The standard InChI is InChI=1S/C22H16N4O5S/c1-30-19-12-14(13-23-25-22-24-17-4-2-3-5-20(17)32-22)6-11-18(19)31-21(27)15-7-9-16(10-8-15)26(28)29/h2-13H,1H3,(H,24,25)/b23-13-. The summed E-state index contributed by atoms with van der Waals surface area (Å²) in [4.78, 5) is 27.0. The topological polar surface area (TPSA) is 116 Å². The van der Waals surface area contributed by atoms with Crippen LogP contribution in [0.2, 0.25) is 0 Å². The summed E-state index contributed by atoms with van der Waals surface area (Å²) in [5.41, 5.74) is 4.59. The zero-order valence-electron chi connectivity index (χ0n) is 16.7. The highest BCUT2D eigenvalue weighted by Crippen LogP contribution is 2.29. The zero-order valence-corrected chi connectivity index (χ0v) is 17.5. The van der Waals surface area contributed by atoms with E-state index in [2.05, 4.69) is 15.5 Å². The number of nitrogens with zero attached hydrogens (tertiary/aromatic N) is 3. The van der Waals surface area contributed by atoms with Crippen LogP contribution in [0, 0.1) is 10.1 Å². The summed E-state index contributed by atoms with van der Waals surface area (Å²) in [5.74, 6) is -0.103. The van der Waals surface area contributed by atoms with E-state index in [0.29, 0.717) is 16.4 Å². The first-order chi connectivity index (χ1) is 15.5. The van der Waals surface area contributed by atoms with E-state index in [0.717, 1.165) is 10.2 Å². The number of hydrogen-bond donors (Lipinski definition) is 1. The molecule has 1 heterocycles. The van der Waals surface area contributed by atoms with Gasteiger partial charge in [-0.2, -0.15) is 5.10 Å². The third-order valence-electron chi connectivity index (χ3n) is 4.37. The maximum atomic E-state index is 12.4. The number of thiazole rings is 1. The van der Waals surface area contributed by atoms with Gasteiger partial charge in [0.25, 0.3) is 5.69 Å². The van der Waals surface area contributed by atoms with Crippen molar-refractivity contribution < 1.29 is 19.2 Å². The first-order valence-corrected chi connectivity index (χ1v) is 10.1. The average Bonchev–Trinajstić information content (AvgIpc) is 3.22. The predicted molar refractivity (Wildman–Crippen MR) is 122 cm³/mol. The van der Waals surface area contributed by atoms with E-state index in [1.54, 1.807) is 24.4 Å². The Hall–Kier alpha value is -4.31. The molecule has 9 nitrogen and oxygen atoms in total. The summed E-state index contributed by atoms with van der Waals surface area (Å²) in [5, 5.41) is 15.6. The molecular formula is C22H16N4O5S. The molecule has 0 aliphatic carbocycles. The second-order valence-electron chi connectivity index (χ2n) is 6.46. The molecule has 0 spiro atoms. The molecule has 0 fully saturated rings. The number of aromatic nitrogens is 1. The molecule has 4 aromatic rings. The molecule has 160 valence electrons.